The Hall–Kier alpha value is -8.00. The van der Waals surface area contributed by atoms with Crippen molar-refractivity contribution in [2.75, 3.05) is 73.4 Å². The maximum atomic E-state index is 11.8. The van der Waals surface area contributed by atoms with E-state index in [9.17, 15) is 52.7 Å². The Balaban J connectivity index is -0.00000115. The van der Waals surface area contributed by atoms with Gasteiger partial charge in [-0.2, -0.15) is 0 Å². The first kappa shape index (κ1) is 101. The highest BCUT2D eigenvalue weighted by molar-refractivity contribution is 6.18. The minimum atomic E-state index is -0.919. The van der Waals surface area contributed by atoms with Crippen LogP contribution in [0.5, 0.6) is 0 Å². The number of aromatic carboxylic acids is 1. The molecule has 5 aromatic carbocycles. The number of Topliss-reactive ketones (excluding diaryl/α,β-unsaturated/α-hetero) is 2. The van der Waals surface area contributed by atoms with Gasteiger partial charge in [-0.1, -0.05) is 84.9 Å². The van der Waals surface area contributed by atoms with Gasteiger partial charge in [-0.05, 0) is 163 Å². The van der Waals surface area contributed by atoms with Gasteiger partial charge in [-0.15, -0.1) is 58.0 Å². The van der Waals surface area contributed by atoms with Gasteiger partial charge in [0.25, 0.3) is 5.91 Å². The molecular weight excluding hydrogens is 1460 g/mol. The fraction of sp³-hybridized carbons (Fsp3) is 0.468. The van der Waals surface area contributed by atoms with Crippen molar-refractivity contribution in [3.63, 3.8) is 0 Å². The minimum Gasteiger partial charge on any atom is -0.478 e. The van der Waals surface area contributed by atoms with Gasteiger partial charge in [-0.25, -0.2) is 9.59 Å². The fourth-order valence-electron chi connectivity index (χ4n) is 7.77. The van der Waals surface area contributed by atoms with E-state index < -0.39 is 5.97 Å². The van der Waals surface area contributed by atoms with Crippen LogP contribution in [0.4, 0.5) is 0 Å². The third-order valence-corrected chi connectivity index (χ3v) is 14.8. The molecule has 0 spiro atoms. The summed E-state index contributed by atoms with van der Waals surface area (Å²) in [6.45, 7) is 13.2. The Morgan fingerprint density at radius 3 is 0.971 bits per heavy atom. The molecule has 0 heterocycles. The lowest BCUT2D eigenvalue weighted by atomic mass is 10.0. The Bertz CT molecular complexity index is 3170. The van der Waals surface area contributed by atoms with Crippen LogP contribution in [0.15, 0.2) is 121 Å². The van der Waals surface area contributed by atoms with E-state index in [4.69, 9.17) is 89.8 Å². The normalized spacial score (nSPS) is 9.70. The highest BCUT2D eigenvalue weighted by Crippen LogP contribution is 2.15. The van der Waals surface area contributed by atoms with Gasteiger partial charge < -0.3 is 60.8 Å². The number of hydrogen-bond acceptors (Lipinski definition) is 21. The van der Waals surface area contributed by atoms with Gasteiger partial charge in [0.2, 0.25) is 0 Å². The molecule has 5 rings (SSSR count). The van der Waals surface area contributed by atoms with Crippen LogP contribution in [0.1, 0.15) is 211 Å². The summed E-state index contributed by atoms with van der Waals surface area (Å²) in [7, 11) is 2.73. The smallest absolute Gasteiger partial charge is 0.337 e. The lowest BCUT2D eigenvalue weighted by Crippen LogP contribution is -2.25. The topological polar surface area (TPSA) is 363 Å². The number of alkyl halides is 5. The van der Waals surface area contributed by atoms with Crippen LogP contribution in [-0.4, -0.2) is 144 Å². The molecule has 8 N–H and O–H groups in total. The van der Waals surface area contributed by atoms with Crippen LogP contribution in [0.3, 0.4) is 0 Å². The van der Waals surface area contributed by atoms with Crippen molar-refractivity contribution in [1.82, 2.24) is 5.32 Å². The number of hydrogen-bond donors (Lipinski definition) is 5. The van der Waals surface area contributed by atoms with E-state index in [0.717, 1.165) is 47.1 Å². The molecule has 0 atom stereocenters. The lowest BCUT2D eigenvalue weighted by molar-refractivity contribution is -0.144. The van der Waals surface area contributed by atoms with Gasteiger partial charge in [-0.3, -0.25) is 43.2 Å². The van der Waals surface area contributed by atoms with Gasteiger partial charge in [0.15, 0.2) is 11.6 Å². The number of unbranched alkanes of at least 4 members (excludes halogenated alkanes) is 1. The largest absolute Gasteiger partial charge is 0.478 e. The number of esters is 7. The number of methoxy groups -OCH3 is 2. The molecule has 105 heavy (non-hydrogen) atoms. The summed E-state index contributed by atoms with van der Waals surface area (Å²) >= 11 is 28.1. The molecule has 0 bridgehead atoms. The zero-order valence-corrected chi connectivity index (χ0v) is 65.3. The Kier molecular flexibility index (Phi) is 66.6. The van der Waals surface area contributed by atoms with Crippen molar-refractivity contribution in [2.45, 2.75) is 160 Å². The van der Waals surface area contributed by atoms with Crippen LogP contribution >= 0.6 is 58.0 Å². The second kappa shape index (κ2) is 69.1. The minimum absolute atomic E-state index is 0.0421. The first-order chi connectivity index (χ1) is 50.4. The number of halogens is 5. The molecule has 28 heteroatoms. The number of rotatable bonds is 37. The van der Waals surface area contributed by atoms with E-state index in [-0.39, 0.29) is 64.8 Å². The monoisotopic (exact) mass is 1570 g/mol. The molecule has 0 aliphatic rings. The summed E-state index contributed by atoms with van der Waals surface area (Å²) in [5, 5.41) is 11.3. The summed E-state index contributed by atoms with van der Waals surface area (Å²) in [5.74, 6) is -0.339. The summed E-state index contributed by atoms with van der Waals surface area (Å²) in [6.07, 6.45) is 7.77. The lowest BCUT2D eigenvalue weighted by Gasteiger charge is -2.06. The van der Waals surface area contributed by atoms with Crippen LogP contribution in [0, 0.1) is 0 Å². The molecular formula is C77H107Cl5N4O19. The Morgan fingerprint density at radius 1 is 0.343 bits per heavy atom. The zero-order chi connectivity index (χ0) is 79.4. The van der Waals surface area contributed by atoms with Crippen molar-refractivity contribution in [1.29, 1.82) is 0 Å². The molecule has 1 amide bonds. The van der Waals surface area contributed by atoms with Gasteiger partial charge >= 0.3 is 47.8 Å². The number of amides is 1. The quantitative estimate of drug-likeness (QED) is 0.00810. The van der Waals surface area contributed by atoms with E-state index in [2.05, 4.69) is 29.0 Å². The molecule has 0 radical (unpaired) electrons. The number of benzene rings is 5. The molecule has 0 aromatic heterocycles. The second-order valence-electron chi connectivity index (χ2n) is 21.5. The summed E-state index contributed by atoms with van der Waals surface area (Å²) in [4.78, 5) is 121. The predicted molar refractivity (Wildman–Crippen MR) is 411 cm³/mol. The first-order valence-electron chi connectivity index (χ1n) is 34.3. The number of carboxylic acids is 1. The van der Waals surface area contributed by atoms with E-state index in [1.165, 1.54) is 14.2 Å². The van der Waals surface area contributed by atoms with Gasteiger partial charge in [0, 0.05) is 104 Å². The Morgan fingerprint density at radius 2 is 0.648 bits per heavy atom. The van der Waals surface area contributed by atoms with Crippen molar-refractivity contribution in [2.24, 2.45) is 17.2 Å². The van der Waals surface area contributed by atoms with E-state index in [0.29, 0.717) is 188 Å². The third kappa shape index (κ3) is 56.1. The molecule has 0 aliphatic heterocycles. The van der Waals surface area contributed by atoms with Crippen LogP contribution in [0.25, 0.3) is 0 Å². The molecule has 0 saturated carbocycles. The fourth-order valence-corrected chi connectivity index (χ4v) is 8.64. The third-order valence-electron chi connectivity index (χ3n) is 13.2. The number of carboxylic acid groups (broad SMARTS) is 1. The maximum Gasteiger partial charge on any atom is 0.337 e. The molecule has 23 nitrogen and oxygen atoms in total. The molecule has 0 aliphatic carbocycles. The van der Waals surface area contributed by atoms with Crippen molar-refractivity contribution in [3.05, 3.63) is 177 Å². The zero-order valence-electron chi connectivity index (χ0n) is 61.5. The highest BCUT2D eigenvalue weighted by Gasteiger charge is 2.12. The number of ketones is 2. The maximum absolute atomic E-state index is 11.8. The predicted octanol–water partition coefficient (Wildman–Crippen LogP) is 14.4. The number of ether oxygens (including phenoxy) is 7. The number of nitrogens with one attached hydrogen (secondary N) is 1. The van der Waals surface area contributed by atoms with E-state index in [1.807, 2.05) is 30.3 Å². The van der Waals surface area contributed by atoms with Gasteiger partial charge in [0.1, 0.15) is 0 Å². The summed E-state index contributed by atoms with van der Waals surface area (Å²) in [5.41, 5.74) is 23.0. The van der Waals surface area contributed by atoms with Crippen molar-refractivity contribution < 1.29 is 91.0 Å². The number of nitrogens with two attached hydrogens (primary N) is 3. The molecule has 5 aromatic rings. The van der Waals surface area contributed by atoms with Crippen molar-refractivity contribution >= 4 is 123 Å². The summed E-state index contributed by atoms with van der Waals surface area (Å²) in [6, 6.07) is 35.2. The first-order valence-corrected chi connectivity index (χ1v) is 37.0. The molecule has 584 valence electrons. The highest BCUT2D eigenvalue weighted by atomic mass is 35.5. The van der Waals surface area contributed by atoms with E-state index in [1.54, 1.807) is 126 Å². The number of carbonyl (C=O) groups excluding carboxylic acids is 10. The SMILES string of the molecule is CCOC(=O)CCCC(=O)c1ccc(CCl)cc1.CCOC(=O)CCCN.CCOC(=O)CCCN.CCOC(=O)CCCN.CCOC(=O)CCCNC(=O)c1cccc(CCl)c1.COC(=O)CCCCC(=O)c1ccc(CCl)cc1.COC(=O)c1ccc(CCl)cc1.O=C(O)c1cccc(CCl)c1. The Labute approximate surface area is 643 Å². The van der Waals surface area contributed by atoms with Crippen molar-refractivity contribution in [3.8, 4) is 0 Å². The average Bonchev–Trinajstić information content (AvgIpc) is 0.923. The standard InChI is InChI=1S/C14H18ClNO3.2C14H17ClO3.C9H9ClO2.C8H7ClO2.3C6H13NO2/c1-2-19-13(17)7-4-8-16-14(18)12-6-3-5-11(9-12)10-15;1-18-14(17)5-3-2-4-13(16)12-8-6-11(10-15)7-9-12;1-2-18-14(17)5-3-4-13(16)12-8-6-11(10-15)7-9-12;1-12-9(11)8-4-2-7(6-10)3-5-8;9-5-6-2-1-3-7(4-6)8(10)11;3*1-2-9-6(8)4-3-5-7/h3,5-6,9H,2,4,7-8,10H2,1H3,(H,16,18);2*6-9H,2-5,10H2,1H3;2-5H,6H2,1H3;1-4H,5H2,(H,10,11);3*2-5,7H2,1H3. The van der Waals surface area contributed by atoms with E-state index >= 15 is 0 Å². The summed E-state index contributed by atoms with van der Waals surface area (Å²) < 4.78 is 32.6. The molecule has 0 saturated heterocycles. The van der Waals surface area contributed by atoms with Gasteiger partial charge in [0.05, 0.1) is 58.4 Å². The average molecular weight is 1570 g/mol. The molecule has 0 unspecified atom stereocenters. The second-order valence-corrected chi connectivity index (χ2v) is 22.8. The number of carbonyl (C=O) groups is 11. The van der Waals surface area contributed by atoms with Crippen LogP contribution < -0.4 is 22.5 Å². The molecule has 0 fully saturated rings. The van der Waals surface area contributed by atoms with Crippen LogP contribution in [-0.2, 0) is 91.3 Å². The van der Waals surface area contributed by atoms with Crippen LogP contribution in [0.2, 0.25) is 0 Å².